The summed E-state index contributed by atoms with van der Waals surface area (Å²) in [6, 6.07) is 0. The van der Waals surface area contributed by atoms with Crippen LogP contribution in [0, 0.1) is 19.3 Å². The molecule has 1 saturated heterocycles. The first kappa shape index (κ1) is 16.7. The minimum atomic E-state index is 0.0425. The van der Waals surface area contributed by atoms with E-state index in [1.54, 1.807) is 6.08 Å². The molecule has 1 aliphatic rings. The highest BCUT2D eigenvalue weighted by molar-refractivity contribution is 5.87. The minimum absolute atomic E-state index is 0.0425. The van der Waals surface area contributed by atoms with Crippen molar-refractivity contribution < 1.29 is 9.32 Å². The van der Waals surface area contributed by atoms with E-state index < -0.39 is 0 Å². The monoisotopic (exact) mass is 305 g/mol. The first-order valence-electron chi connectivity index (χ1n) is 7.88. The second-order valence-electron chi connectivity index (χ2n) is 7.10. The van der Waals surface area contributed by atoms with Crippen LogP contribution in [0.2, 0.25) is 0 Å². The van der Waals surface area contributed by atoms with Crippen molar-refractivity contribution in [3.05, 3.63) is 29.2 Å². The number of nitrogens with zero attached hydrogens (tertiary/aromatic N) is 3. The molecule has 0 unspecified atom stereocenters. The number of aromatic nitrogens is 1. The fraction of sp³-hybridized carbons (Fsp3) is 0.647. The zero-order valence-electron chi connectivity index (χ0n) is 14.3. The van der Waals surface area contributed by atoms with Crippen LogP contribution in [0.15, 0.2) is 16.7 Å². The zero-order valence-corrected chi connectivity index (χ0v) is 14.3. The average Bonchev–Trinajstić information content (AvgIpc) is 2.77. The van der Waals surface area contributed by atoms with E-state index in [-0.39, 0.29) is 11.3 Å². The molecule has 0 bridgehead atoms. The summed E-state index contributed by atoms with van der Waals surface area (Å²) >= 11 is 0. The molecule has 5 heteroatoms. The van der Waals surface area contributed by atoms with Gasteiger partial charge in [0.15, 0.2) is 0 Å². The van der Waals surface area contributed by atoms with Crippen LogP contribution in [0.25, 0.3) is 0 Å². The Bertz CT molecular complexity index is 527. The highest BCUT2D eigenvalue weighted by Crippen LogP contribution is 2.17. The van der Waals surface area contributed by atoms with Gasteiger partial charge in [-0.15, -0.1) is 0 Å². The number of carbonyl (C=O) groups is 1. The third-order valence-electron chi connectivity index (χ3n) is 3.97. The zero-order chi connectivity index (χ0) is 16.3. The summed E-state index contributed by atoms with van der Waals surface area (Å²) in [6.45, 7) is 14.4. The van der Waals surface area contributed by atoms with Crippen LogP contribution in [0.3, 0.4) is 0 Å². The van der Waals surface area contributed by atoms with Crippen molar-refractivity contribution in [2.45, 2.75) is 41.2 Å². The molecule has 1 fully saturated rings. The Labute approximate surface area is 132 Å². The molecule has 1 aliphatic heterocycles. The number of piperazine rings is 1. The van der Waals surface area contributed by atoms with Crippen molar-refractivity contribution in [1.29, 1.82) is 0 Å². The van der Waals surface area contributed by atoms with Crippen LogP contribution in [-0.4, -0.2) is 47.0 Å². The van der Waals surface area contributed by atoms with Crippen LogP contribution in [0.4, 0.5) is 0 Å². The summed E-state index contributed by atoms with van der Waals surface area (Å²) in [7, 11) is 0. The van der Waals surface area contributed by atoms with Crippen molar-refractivity contribution in [3.8, 4) is 0 Å². The highest BCUT2D eigenvalue weighted by atomic mass is 16.5. The standard InChI is InChI=1S/C17H27N3O2/c1-13-15(14(2)22-18-13)12-19-8-10-20(11-9-19)16(21)6-7-17(3,4)5/h6-7H,8-12H2,1-5H3/b7-6-. The molecule has 2 rings (SSSR count). The van der Waals surface area contributed by atoms with E-state index in [4.69, 9.17) is 4.52 Å². The van der Waals surface area contributed by atoms with Gasteiger partial charge in [0.2, 0.25) is 5.91 Å². The lowest BCUT2D eigenvalue weighted by Gasteiger charge is -2.34. The van der Waals surface area contributed by atoms with Crippen LogP contribution < -0.4 is 0 Å². The predicted octanol–water partition coefficient (Wildman–Crippen LogP) is 2.54. The lowest BCUT2D eigenvalue weighted by Crippen LogP contribution is -2.47. The smallest absolute Gasteiger partial charge is 0.246 e. The van der Waals surface area contributed by atoms with Gasteiger partial charge >= 0.3 is 0 Å². The van der Waals surface area contributed by atoms with Crippen LogP contribution >= 0.6 is 0 Å². The summed E-state index contributed by atoms with van der Waals surface area (Å²) in [6.07, 6.45) is 3.69. The topological polar surface area (TPSA) is 49.6 Å². The van der Waals surface area contributed by atoms with E-state index in [1.807, 2.05) is 24.8 Å². The highest BCUT2D eigenvalue weighted by Gasteiger charge is 2.22. The molecule has 122 valence electrons. The van der Waals surface area contributed by atoms with E-state index in [2.05, 4.69) is 30.8 Å². The Morgan fingerprint density at radius 3 is 2.36 bits per heavy atom. The normalized spacial score (nSPS) is 17.4. The Morgan fingerprint density at radius 2 is 1.86 bits per heavy atom. The van der Waals surface area contributed by atoms with Gasteiger partial charge in [0.25, 0.3) is 0 Å². The van der Waals surface area contributed by atoms with Gasteiger partial charge in [-0.2, -0.15) is 0 Å². The van der Waals surface area contributed by atoms with E-state index in [1.165, 1.54) is 5.56 Å². The fourth-order valence-electron chi connectivity index (χ4n) is 2.50. The van der Waals surface area contributed by atoms with E-state index >= 15 is 0 Å². The molecule has 0 aromatic carbocycles. The van der Waals surface area contributed by atoms with Crippen molar-refractivity contribution in [1.82, 2.24) is 15.0 Å². The molecule has 0 radical (unpaired) electrons. The molecular formula is C17H27N3O2. The van der Waals surface area contributed by atoms with Crippen LogP contribution in [0.5, 0.6) is 0 Å². The molecule has 0 saturated carbocycles. The van der Waals surface area contributed by atoms with Gasteiger partial charge in [-0.1, -0.05) is 32.0 Å². The molecule has 0 N–H and O–H groups in total. The Kier molecular flexibility index (Phi) is 5.06. The molecule has 1 amide bonds. The van der Waals surface area contributed by atoms with E-state index in [9.17, 15) is 4.79 Å². The Morgan fingerprint density at radius 1 is 1.23 bits per heavy atom. The van der Waals surface area contributed by atoms with Crippen molar-refractivity contribution in [2.24, 2.45) is 5.41 Å². The van der Waals surface area contributed by atoms with E-state index in [0.29, 0.717) is 0 Å². The Balaban J connectivity index is 1.86. The number of hydrogen-bond donors (Lipinski definition) is 0. The number of hydrogen-bond acceptors (Lipinski definition) is 4. The minimum Gasteiger partial charge on any atom is -0.361 e. The van der Waals surface area contributed by atoms with Crippen molar-refractivity contribution in [3.63, 3.8) is 0 Å². The van der Waals surface area contributed by atoms with Gasteiger partial charge in [0, 0.05) is 38.3 Å². The summed E-state index contributed by atoms with van der Waals surface area (Å²) < 4.78 is 5.21. The quantitative estimate of drug-likeness (QED) is 0.805. The summed E-state index contributed by atoms with van der Waals surface area (Å²) in [5.41, 5.74) is 2.18. The summed E-state index contributed by atoms with van der Waals surface area (Å²) in [5.74, 6) is 1.01. The first-order chi connectivity index (χ1) is 10.3. The second kappa shape index (κ2) is 6.65. The molecule has 5 nitrogen and oxygen atoms in total. The van der Waals surface area contributed by atoms with E-state index in [0.717, 1.165) is 44.2 Å². The van der Waals surface area contributed by atoms with Crippen LogP contribution in [-0.2, 0) is 11.3 Å². The third-order valence-corrected chi connectivity index (χ3v) is 3.97. The Hall–Kier alpha value is -1.62. The van der Waals surface area contributed by atoms with Gasteiger partial charge in [0.05, 0.1) is 5.69 Å². The van der Waals surface area contributed by atoms with Gasteiger partial charge in [-0.25, -0.2) is 0 Å². The molecule has 1 aromatic heterocycles. The number of allylic oxidation sites excluding steroid dienone is 1. The number of amides is 1. The first-order valence-corrected chi connectivity index (χ1v) is 7.88. The summed E-state index contributed by atoms with van der Waals surface area (Å²) in [4.78, 5) is 16.4. The molecule has 0 aliphatic carbocycles. The average molecular weight is 305 g/mol. The van der Waals surface area contributed by atoms with Gasteiger partial charge < -0.3 is 9.42 Å². The molecule has 2 heterocycles. The van der Waals surface area contributed by atoms with Gasteiger partial charge in [-0.3, -0.25) is 9.69 Å². The number of rotatable bonds is 3. The number of carbonyl (C=O) groups excluding carboxylic acids is 1. The molecule has 22 heavy (non-hydrogen) atoms. The van der Waals surface area contributed by atoms with Crippen molar-refractivity contribution in [2.75, 3.05) is 26.2 Å². The molecule has 0 spiro atoms. The van der Waals surface area contributed by atoms with Crippen LogP contribution in [0.1, 0.15) is 37.8 Å². The maximum atomic E-state index is 12.2. The van der Waals surface area contributed by atoms with Gasteiger partial charge in [-0.05, 0) is 25.3 Å². The maximum Gasteiger partial charge on any atom is 0.246 e. The fourth-order valence-corrected chi connectivity index (χ4v) is 2.50. The lowest BCUT2D eigenvalue weighted by molar-refractivity contribution is -0.127. The number of aryl methyl sites for hydroxylation is 2. The molecule has 1 aromatic rings. The largest absolute Gasteiger partial charge is 0.361 e. The maximum absolute atomic E-state index is 12.2. The SMILES string of the molecule is Cc1noc(C)c1CN1CCN(C(=O)/C=C\C(C)(C)C)CC1. The second-order valence-corrected chi connectivity index (χ2v) is 7.10. The predicted molar refractivity (Wildman–Crippen MR) is 86.4 cm³/mol. The van der Waals surface area contributed by atoms with Gasteiger partial charge in [0.1, 0.15) is 5.76 Å². The lowest BCUT2D eigenvalue weighted by atomic mass is 9.96. The molecule has 0 atom stereocenters. The third kappa shape index (κ3) is 4.44. The summed E-state index contributed by atoms with van der Waals surface area (Å²) in [5, 5.41) is 4.00. The molecular weight excluding hydrogens is 278 g/mol. The van der Waals surface area contributed by atoms with Crippen molar-refractivity contribution >= 4 is 5.91 Å².